The summed E-state index contributed by atoms with van der Waals surface area (Å²) in [5, 5.41) is 6.08. The molecule has 2 aromatic carbocycles. The zero-order chi connectivity index (χ0) is 20.4. The summed E-state index contributed by atoms with van der Waals surface area (Å²) in [6.45, 7) is 6.68. The zero-order valence-electron chi connectivity index (χ0n) is 16.7. The molecule has 0 atom stereocenters. The Morgan fingerprint density at radius 3 is 2.34 bits per heavy atom. The van der Waals surface area contributed by atoms with E-state index in [1.54, 1.807) is 12.3 Å². The summed E-state index contributed by atoms with van der Waals surface area (Å²) >= 11 is 0. The van der Waals surface area contributed by atoms with Crippen molar-refractivity contribution in [2.45, 2.75) is 26.2 Å². The number of carbonyl (C=O) groups excluding carboxylic acids is 1. The van der Waals surface area contributed by atoms with Crippen LogP contribution in [-0.4, -0.2) is 17.7 Å². The van der Waals surface area contributed by atoms with Crippen LogP contribution in [0, 0.1) is 0 Å². The van der Waals surface area contributed by atoms with Crippen molar-refractivity contribution in [3.05, 3.63) is 71.9 Å². The summed E-state index contributed by atoms with van der Waals surface area (Å²) in [7, 11) is 0. The van der Waals surface area contributed by atoms with Crippen LogP contribution in [0.4, 0.5) is 17.2 Å². The Bertz CT molecular complexity index is 1020. The number of rotatable bonds is 4. The number of aromatic nitrogens is 1. The number of carbonyl (C=O) groups is 1. The predicted molar refractivity (Wildman–Crippen MR) is 113 cm³/mol. The van der Waals surface area contributed by atoms with Gasteiger partial charge in [0.15, 0.2) is 11.5 Å². The van der Waals surface area contributed by atoms with Crippen LogP contribution in [0.3, 0.4) is 0 Å². The Morgan fingerprint density at radius 1 is 0.931 bits per heavy atom. The topological polar surface area (TPSA) is 72.5 Å². The Kier molecular flexibility index (Phi) is 4.84. The van der Waals surface area contributed by atoms with Gasteiger partial charge in [0, 0.05) is 17.3 Å². The minimum absolute atomic E-state index is 0.0529. The van der Waals surface area contributed by atoms with E-state index in [1.165, 1.54) is 5.56 Å². The second-order valence-electron chi connectivity index (χ2n) is 7.91. The first-order valence-electron chi connectivity index (χ1n) is 9.43. The molecule has 2 heterocycles. The van der Waals surface area contributed by atoms with E-state index < -0.39 is 0 Å². The maximum atomic E-state index is 12.5. The second-order valence-corrected chi connectivity index (χ2v) is 7.91. The van der Waals surface area contributed by atoms with Crippen LogP contribution in [-0.2, 0) is 5.41 Å². The highest BCUT2D eigenvalue weighted by molar-refractivity contribution is 6.03. The van der Waals surface area contributed by atoms with Gasteiger partial charge in [0.2, 0.25) is 6.79 Å². The molecule has 0 fully saturated rings. The SMILES string of the molecule is CC(C)(C)c1ccc(C(=O)Nc2ccc(Nc3ccc4c(c3)OCO4)cn2)cc1. The number of fused-ring (bicyclic) bond motifs is 1. The molecule has 0 spiro atoms. The molecule has 6 heteroatoms. The van der Waals surface area contributed by atoms with Crippen LogP contribution in [0.2, 0.25) is 0 Å². The Labute approximate surface area is 169 Å². The molecular weight excluding hydrogens is 366 g/mol. The van der Waals surface area contributed by atoms with Gasteiger partial charge in [0.05, 0.1) is 11.9 Å². The molecule has 0 aliphatic carbocycles. The lowest BCUT2D eigenvalue weighted by atomic mass is 9.87. The van der Waals surface area contributed by atoms with Crippen molar-refractivity contribution in [2.75, 3.05) is 17.4 Å². The van der Waals surface area contributed by atoms with Gasteiger partial charge >= 0.3 is 0 Å². The maximum absolute atomic E-state index is 12.5. The molecule has 2 N–H and O–H groups in total. The predicted octanol–water partition coefficient (Wildman–Crippen LogP) is 5.10. The fraction of sp³-hybridized carbons (Fsp3) is 0.217. The molecule has 1 amide bonds. The molecule has 1 aliphatic heterocycles. The lowest BCUT2D eigenvalue weighted by Crippen LogP contribution is -2.15. The van der Waals surface area contributed by atoms with Gasteiger partial charge in [-0.2, -0.15) is 0 Å². The van der Waals surface area contributed by atoms with Gasteiger partial charge in [-0.05, 0) is 47.4 Å². The Balaban J connectivity index is 1.39. The van der Waals surface area contributed by atoms with Gasteiger partial charge in [-0.1, -0.05) is 32.9 Å². The molecule has 3 aromatic rings. The van der Waals surface area contributed by atoms with Crippen molar-refractivity contribution in [1.29, 1.82) is 0 Å². The van der Waals surface area contributed by atoms with E-state index in [4.69, 9.17) is 9.47 Å². The third kappa shape index (κ3) is 4.32. The van der Waals surface area contributed by atoms with Crippen LogP contribution >= 0.6 is 0 Å². The molecule has 1 aliphatic rings. The van der Waals surface area contributed by atoms with Crippen molar-refractivity contribution in [3.8, 4) is 11.5 Å². The van der Waals surface area contributed by atoms with Crippen molar-refractivity contribution in [3.63, 3.8) is 0 Å². The number of nitrogens with zero attached hydrogens (tertiary/aromatic N) is 1. The van der Waals surface area contributed by atoms with Crippen molar-refractivity contribution < 1.29 is 14.3 Å². The minimum atomic E-state index is -0.186. The van der Waals surface area contributed by atoms with Gasteiger partial charge in [-0.3, -0.25) is 4.79 Å². The number of amides is 1. The molecule has 1 aromatic heterocycles. The number of hydrogen-bond acceptors (Lipinski definition) is 5. The molecular formula is C23H23N3O3. The third-order valence-electron chi connectivity index (χ3n) is 4.68. The second kappa shape index (κ2) is 7.47. The normalized spacial score (nSPS) is 12.5. The van der Waals surface area contributed by atoms with Gasteiger partial charge in [0.25, 0.3) is 5.91 Å². The van der Waals surface area contributed by atoms with Crippen molar-refractivity contribution in [1.82, 2.24) is 4.98 Å². The fourth-order valence-corrected chi connectivity index (χ4v) is 2.99. The summed E-state index contributed by atoms with van der Waals surface area (Å²) in [5.41, 5.74) is 3.51. The summed E-state index contributed by atoms with van der Waals surface area (Å²) < 4.78 is 10.7. The molecule has 0 bridgehead atoms. The fourth-order valence-electron chi connectivity index (χ4n) is 2.99. The standard InChI is InChI=1S/C23H23N3O3/c1-23(2,3)16-6-4-15(5-7-16)22(27)26-21-11-9-18(13-24-21)25-17-8-10-19-20(12-17)29-14-28-19/h4-13,25H,14H2,1-3H3,(H,24,26,27). The summed E-state index contributed by atoms with van der Waals surface area (Å²) in [5.74, 6) is 1.76. The average Bonchev–Trinajstić information content (AvgIpc) is 3.17. The van der Waals surface area contributed by atoms with Crippen LogP contribution in [0.1, 0.15) is 36.7 Å². The highest BCUT2D eigenvalue weighted by Crippen LogP contribution is 2.35. The molecule has 6 nitrogen and oxygen atoms in total. The zero-order valence-corrected chi connectivity index (χ0v) is 16.7. The number of benzene rings is 2. The van der Waals surface area contributed by atoms with Crippen LogP contribution in [0.15, 0.2) is 60.8 Å². The molecule has 0 saturated carbocycles. The molecule has 148 valence electrons. The van der Waals surface area contributed by atoms with E-state index in [1.807, 2.05) is 48.5 Å². The highest BCUT2D eigenvalue weighted by atomic mass is 16.7. The maximum Gasteiger partial charge on any atom is 0.256 e. The van der Waals surface area contributed by atoms with Crippen LogP contribution in [0.25, 0.3) is 0 Å². The molecule has 4 rings (SSSR count). The highest BCUT2D eigenvalue weighted by Gasteiger charge is 2.15. The van der Waals surface area contributed by atoms with E-state index in [-0.39, 0.29) is 18.1 Å². The Hall–Kier alpha value is -3.54. The molecule has 0 saturated heterocycles. The Morgan fingerprint density at radius 2 is 1.66 bits per heavy atom. The van der Waals surface area contributed by atoms with Crippen molar-refractivity contribution in [2.24, 2.45) is 0 Å². The van der Waals surface area contributed by atoms with Gasteiger partial charge in [-0.15, -0.1) is 0 Å². The monoisotopic (exact) mass is 389 g/mol. The first-order chi connectivity index (χ1) is 13.9. The number of ether oxygens (including phenoxy) is 2. The quantitative estimate of drug-likeness (QED) is 0.649. The van der Waals surface area contributed by atoms with Gasteiger partial charge in [0.1, 0.15) is 5.82 Å². The average molecular weight is 389 g/mol. The van der Waals surface area contributed by atoms with E-state index in [9.17, 15) is 4.79 Å². The van der Waals surface area contributed by atoms with E-state index in [2.05, 4.69) is 36.4 Å². The largest absolute Gasteiger partial charge is 0.454 e. The van der Waals surface area contributed by atoms with Gasteiger partial charge in [-0.25, -0.2) is 4.98 Å². The number of pyridine rings is 1. The summed E-state index contributed by atoms with van der Waals surface area (Å²) in [6, 6.07) is 16.9. The first-order valence-corrected chi connectivity index (χ1v) is 9.43. The molecule has 0 unspecified atom stereocenters. The minimum Gasteiger partial charge on any atom is -0.454 e. The van der Waals surface area contributed by atoms with Crippen molar-refractivity contribution >= 4 is 23.1 Å². The number of nitrogens with one attached hydrogen (secondary N) is 2. The van der Waals surface area contributed by atoms with E-state index >= 15 is 0 Å². The first kappa shape index (κ1) is 18.8. The lowest BCUT2D eigenvalue weighted by molar-refractivity contribution is 0.102. The van der Waals surface area contributed by atoms with Gasteiger partial charge < -0.3 is 20.1 Å². The molecule has 0 radical (unpaired) electrons. The number of anilines is 3. The van der Waals surface area contributed by atoms with Crippen LogP contribution < -0.4 is 20.1 Å². The summed E-state index contributed by atoms with van der Waals surface area (Å²) in [6.07, 6.45) is 1.67. The lowest BCUT2D eigenvalue weighted by Gasteiger charge is -2.19. The smallest absolute Gasteiger partial charge is 0.256 e. The number of hydrogen-bond donors (Lipinski definition) is 2. The van der Waals surface area contributed by atoms with E-state index in [0.717, 1.165) is 17.1 Å². The third-order valence-corrected chi connectivity index (χ3v) is 4.68. The summed E-state index contributed by atoms with van der Waals surface area (Å²) in [4.78, 5) is 16.8. The van der Waals surface area contributed by atoms with Crippen LogP contribution in [0.5, 0.6) is 11.5 Å². The molecule has 29 heavy (non-hydrogen) atoms. The van der Waals surface area contributed by atoms with E-state index in [0.29, 0.717) is 17.1 Å².